The molecule has 2 aliphatic heterocycles. The monoisotopic (exact) mass is 517 g/mol. The lowest BCUT2D eigenvalue weighted by Gasteiger charge is -2.17. The molecule has 0 fully saturated rings. The highest BCUT2D eigenvalue weighted by atomic mass is 35.5. The molecule has 1 N–H and O–H groups in total. The molecule has 0 saturated heterocycles. The number of hydrogen-bond acceptors (Lipinski definition) is 7. The maximum Gasteiger partial charge on any atom is 0.261 e. The van der Waals surface area contributed by atoms with Crippen LogP contribution in [0.2, 0.25) is 5.02 Å². The van der Waals surface area contributed by atoms with Crippen LogP contribution in [0.5, 0.6) is 0 Å². The van der Waals surface area contributed by atoms with Gasteiger partial charge >= 0.3 is 0 Å². The van der Waals surface area contributed by atoms with Crippen LogP contribution in [0.4, 0.5) is 0 Å². The van der Waals surface area contributed by atoms with Crippen molar-refractivity contribution in [2.75, 3.05) is 7.05 Å². The Balaban J connectivity index is 1.29. The van der Waals surface area contributed by atoms with Gasteiger partial charge in [0.1, 0.15) is 6.33 Å². The number of aromatic nitrogens is 5. The average molecular weight is 518 g/mol. The van der Waals surface area contributed by atoms with Crippen LogP contribution in [-0.2, 0) is 6.42 Å². The van der Waals surface area contributed by atoms with E-state index in [0.29, 0.717) is 16.3 Å². The van der Waals surface area contributed by atoms with Gasteiger partial charge in [-0.25, -0.2) is 0 Å². The van der Waals surface area contributed by atoms with Crippen LogP contribution in [0, 0.1) is 0 Å². The number of halogens is 1. The normalized spacial score (nSPS) is 16.6. The van der Waals surface area contributed by atoms with Crippen molar-refractivity contribution in [3.63, 3.8) is 0 Å². The zero-order valence-corrected chi connectivity index (χ0v) is 20.8. The number of nitrogens with zero attached hydrogens (tertiary/aromatic N) is 6. The Labute approximate surface area is 214 Å². The van der Waals surface area contributed by atoms with E-state index in [1.54, 1.807) is 23.9 Å². The second-order valence-corrected chi connectivity index (χ2v) is 10.1. The van der Waals surface area contributed by atoms with E-state index >= 15 is 0 Å². The summed E-state index contributed by atoms with van der Waals surface area (Å²) in [4.78, 5) is 31.7. The molecular weight excluding hydrogens is 498 g/mol. The summed E-state index contributed by atoms with van der Waals surface area (Å²) in [5.41, 5.74) is 5.20. The lowest BCUT2D eigenvalue weighted by molar-refractivity contribution is 0.0967. The molecule has 0 bridgehead atoms. The first-order chi connectivity index (χ1) is 17.5. The van der Waals surface area contributed by atoms with Crippen molar-refractivity contribution >= 4 is 40.1 Å². The molecule has 36 heavy (non-hydrogen) atoms. The third-order valence-electron chi connectivity index (χ3n) is 6.51. The van der Waals surface area contributed by atoms with Gasteiger partial charge in [0.2, 0.25) is 0 Å². The lowest BCUT2D eigenvalue weighted by atomic mass is 10.0. The lowest BCUT2D eigenvalue weighted by Crippen LogP contribution is -2.27. The first kappa shape index (κ1) is 22.6. The standard InChI is InChI=1S/C25H20ClN7O2S/c1-27-25(35)23-7-6-22(36-23)15-9-19(28-12-15)21-5-3-17-8-14(10-24(34)33(17)21)18-11-16(26)2-4-20(18)32-13-29-30-31-32/h2,4,6-8,10-13,21H,3,5,9H2,1H3,(H,27,35)/t21-/m0/s1. The Bertz CT molecular complexity index is 1620. The quantitative estimate of drug-likeness (QED) is 0.431. The van der Waals surface area contributed by atoms with Gasteiger partial charge in [0, 0.05) is 52.6 Å². The number of rotatable bonds is 5. The van der Waals surface area contributed by atoms with E-state index in [-0.39, 0.29) is 17.5 Å². The summed E-state index contributed by atoms with van der Waals surface area (Å²) in [6.45, 7) is 0. The van der Waals surface area contributed by atoms with Gasteiger partial charge in [0.05, 0.1) is 16.6 Å². The molecule has 11 heteroatoms. The number of nitrogens with one attached hydrogen (secondary N) is 1. The molecule has 4 aromatic rings. The van der Waals surface area contributed by atoms with E-state index in [0.717, 1.165) is 51.5 Å². The zero-order valence-electron chi connectivity index (χ0n) is 19.2. The third kappa shape index (κ3) is 3.88. The fourth-order valence-corrected chi connectivity index (χ4v) is 5.97. The van der Waals surface area contributed by atoms with Crippen molar-refractivity contribution in [1.82, 2.24) is 30.1 Å². The number of fused-ring (bicyclic) bond motifs is 1. The second kappa shape index (κ2) is 8.96. The first-order valence-electron chi connectivity index (χ1n) is 11.4. The summed E-state index contributed by atoms with van der Waals surface area (Å²) in [6, 6.07) is 12.8. The molecule has 6 rings (SSSR count). The minimum Gasteiger partial charge on any atom is -0.354 e. The molecule has 0 spiro atoms. The van der Waals surface area contributed by atoms with Crippen LogP contribution >= 0.6 is 22.9 Å². The number of pyridine rings is 1. The number of amides is 1. The van der Waals surface area contributed by atoms with Crippen molar-refractivity contribution in [3.8, 4) is 16.8 Å². The fraction of sp³-hybridized carbons (Fsp3) is 0.200. The minimum absolute atomic E-state index is 0.0817. The van der Waals surface area contributed by atoms with Gasteiger partial charge in [-0.15, -0.1) is 16.4 Å². The van der Waals surface area contributed by atoms with Crippen molar-refractivity contribution in [1.29, 1.82) is 0 Å². The molecule has 0 radical (unpaired) electrons. The largest absolute Gasteiger partial charge is 0.354 e. The minimum atomic E-state index is -0.0963. The molecular formula is C25H20ClN7O2S. The predicted molar refractivity (Wildman–Crippen MR) is 139 cm³/mol. The maximum absolute atomic E-state index is 13.4. The molecule has 2 aliphatic rings. The number of tetrazole rings is 1. The molecule has 1 aromatic carbocycles. The molecule has 1 amide bonds. The Morgan fingerprint density at radius 3 is 2.89 bits per heavy atom. The van der Waals surface area contributed by atoms with Crippen molar-refractivity contribution in [2.45, 2.75) is 25.3 Å². The van der Waals surface area contributed by atoms with Crippen LogP contribution in [0.3, 0.4) is 0 Å². The number of thiophene rings is 1. The van der Waals surface area contributed by atoms with Crippen LogP contribution in [-0.4, -0.2) is 43.4 Å². The Morgan fingerprint density at radius 1 is 1.19 bits per heavy atom. The van der Waals surface area contributed by atoms with E-state index < -0.39 is 0 Å². The molecule has 0 saturated carbocycles. The summed E-state index contributed by atoms with van der Waals surface area (Å²) in [6.07, 6.45) is 5.60. The summed E-state index contributed by atoms with van der Waals surface area (Å²) < 4.78 is 3.41. The van der Waals surface area contributed by atoms with E-state index in [4.69, 9.17) is 11.6 Å². The molecule has 0 aliphatic carbocycles. The van der Waals surface area contributed by atoms with Gasteiger partial charge in [-0.2, -0.15) is 4.68 Å². The topological polar surface area (TPSA) is 107 Å². The summed E-state index contributed by atoms with van der Waals surface area (Å²) >= 11 is 7.75. The molecule has 3 aromatic heterocycles. The van der Waals surface area contributed by atoms with Gasteiger partial charge in [0.15, 0.2) is 0 Å². The van der Waals surface area contributed by atoms with E-state index in [1.807, 2.05) is 41.1 Å². The van der Waals surface area contributed by atoms with Gasteiger partial charge in [-0.3, -0.25) is 14.6 Å². The van der Waals surface area contributed by atoms with Gasteiger partial charge in [-0.1, -0.05) is 11.6 Å². The van der Waals surface area contributed by atoms with Crippen LogP contribution < -0.4 is 10.9 Å². The number of hydrogen-bond donors (Lipinski definition) is 1. The van der Waals surface area contributed by atoms with Gasteiger partial charge in [0.25, 0.3) is 11.5 Å². The molecule has 0 unspecified atom stereocenters. The van der Waals surface area contributed by atoms with Crippen LogP contribution in [0.1, 0.15) is 39.1 Å². The molecule has 180 valence electrons. The third-order valence-corrected chi connectivity index (χ3v) is 7.91. The summed E-state index contributed by atoms with van der Waals surface area (Å²) in [7, 11) is 1.62. The average Bonchev–Trinajstić information content (AvgIpc) is 3.68. The Hall–Kier alpha value is -3.89. The number of aryl methyl sites for hydroxylation is 1. The Kier molecular flexibility index (Phi) is 5.62. The Morgan fingerprint density at radius 2 is 2.08 bits per heavy atom. The van der Waals surface area contributed by atoms with Crippen molar-refractivity contribution in [2.24, 2.45) is 4.99 Å². The predicted octanol–water partition coefficient (Wildman–Crippen LogP) is 3.94. The van der Waals surface area contributed by atoms with Crippen molar-refractivity contribution < 1.29 is 4.79 Å². The molecule has 5 heterocycles. The zero-order chi connectivity index (χ0) is 24.8. The number of allylic oxidation sites excluding steroid dienone is 1. The fourth-order valence-electron chi connectivity index (χ4n) is 4.83. The second-order valence-electron chi connectivity index (χ2n) is 8.61. The smallest absolute Gasteiger partial charge is 0.261 e. The maximum atomic E-state index is 13.4. The molecule has 1 atom stereocenters. The summed E-state index contributed by atoms with van der Waals surface area (Å²) in [5, 5.41) is 14.7. The first-order valence-corrected chi connectivity index (χ1v) is 12.6. The number of carbonyl (C=O) groups excluding carboxylic acids is 1. The van der Waals surface area contributed by atoms with E-state index in [1.165, 1.54) is 17.7 Å². The van der Waals surface area contributed by atoms with E-state index in [9.17, 15) is 9.59 Å². The number of aliphatic imine (C=N–C) groups is 1. The van der Waals surface area contributed by atoms with E-state index in [2.05, 4.69) is 25.8 Å². The SMILES string of the molecule is CNC(=O)c1ccc(C2=CN=C([C@@H]3CCc4cc(-c5cc(Cl)ccc5-n5cnnn5)cc(=O)n43)C2)s1. The number of benzene rings is 1. The van der Waals surface area contributed by atoms with Gasteiger partial charge in [-0.05, 0) is 70.8 Å². The molecule has 9 nitrogen and oxygen atoms in total. The summed E-state index contributed by atoms with van der Waals surface area (Å²) in [5.74, 6) is -0.0963. The highest BCUT2D eigenvalue weighted by molar-refractivity contribution is 7.15. The highest BCUT2D eigenvalue weighted by Gasteiger charge is 2.30. The van der Waals surface area contributed by atoms with Crippen LogP contribution in [0.25, 0.3) is 22.4 Å². The van der Waals surface area contributed by atoms with Gasteiger partial charge < -0.3 is 9.88 Å². The van der Waals surface area contributed by atoms with Crippen LogP contribution in [0.15, 0.2) is 64.8 Å². The number of carbonyl (C=O) groups is 1. The van der Waals surface area contributed by atoms with Crippen molar-refractivity contribution in [3.05, 3.63) is 85.8 Å². The highest BCUT2D eigenvalue weighted by Crippen LogP contribution is 2.37.